The Kier molecular flexibility index (Phi) is 12.8. The van der Waals surface area contributed by atoms with Gasteiger partial charge in [0, 0.05) is 18.0 Å². The number of ether oxygens (including phenoxy) is 1. The standard InChI is InChI=1S/C31H45N3O5S/c1-7-8-9-10-11-19-34(29(37)25(20-40)32-30(38)39-31(4,5)6)27(23-15-17-24(35)18-16-23)28(36)33-26-21(2)13-12-14-22(26)3/h12-18,25,27,35,40H,7-11,19-20H2,1-6H3,(H,32,38)(H,33,36). The molecule has 0 heterocycles. The van der Waals surface area contributed by atoms with Gasteiger partial charge in [0.05, 0.1) is 0 Å². The van der Waals surface area contributed by atoms with E-state index >= 15 is 0 Å². The first-order chi connectivity index (χ1) is 18.9. The summed E-state index contributed by atoms with van der Waals surface area (Å²) >= 11 is 4.35. The molecule has 0 bridgehead atoms. The van der Waals surface area contributed by atoms with Crippen LogP contribution in [-0.4, -0.2) is 51.9 Å². The Labute approximate surface area is 244 Å². The lowest BCUT2D eigenvalue weighted by molar-refractivity contribution is -0.140. The Hall–Kier alpha value is -3.20. The van der Waals surface area contributed by atoms with Crippen molar-refractivity contribution in [3.8, 4) is 5.75 Å². The van der Waals surface area contributed by atoms with Gasteiger partial charge < -0.3 is 25.4 Å². The second kappa shape index (κ2) is 15.6. The van der Waals surface area contributed by atoms with Crippen molar-refractivity contribution in [3.63, 3.8) is 0 Å². The Morgan fingerprint density at radius 2 is 1.57 bits per heavy atom. The highest BCUT2D eigenvalue weighted by Crippen LogP contribution is 2.28. The van der Waals surface area contributed by atoms with E-state index < -0.39 is 29.7 Å². The van der Waals surface area contributed by atoms with Gasteiger partial charge in [-0.2, -0.15) is 12.6 Å². The number of phenols is 1. The number of nitrogens with one attached hydrogen (secondary N) is 2. The highest BCUT2D eigenvalue weighted by Gasteiger charge is 2.36. The molecule has 8 nitrogen and oxygen atoms in total. The average molecular weight is 572 g/mol. The van der Waals surface area contributed by atoms with Crippen molar-refractivity contribution in [2.24, 2.45) is 0 Å². The van der Waals surface area contributed by atoms with Crippen molar-refractivity contribution >= 4 is 36.2 Å². The molecule has 0 spiro atoms. The number of aromatic hydroxyl groups is 1. The number of para-hydroxylation sites is 1. The van der Waals surface area contributed by atoms with Gasteiger partial charge in [-0.25, -0.2) is 4.79 Å². The van der Waals surface area contributed by atoms with Gasteiger partial charge in [-0.05, 0) is 69.9 Å². The van der Waals surface area contributed by atoms with E-state index in [1.165, 1.54) is 17.0 Å². The van der Waals surface area contributed by atoms with Crippen molar-refractivity contribution in [3.05, 3.63) is 59.2 Å². The molecule has 0 aliphatic carbocycles. The smallest absolute Gasteiger partial charge is 0.408 e. The fourth-order valence-electron chi connectivity index (χ4n) is 4.42. The van der Waals surface area contributed by atoms with Gasteiger partial charge in [0.25, 0.3) is 5.91 Å². The fourth-order valence-corrected chi connectivity index (χ4v) is 4.67. The zero-order valence-corrected chi connectivity index (χ0v) is 25.5. The number of benzene rings is 2. The normalized spacial score (nSPS) is 12.8. The highest BCUT2D eigenvalue weighted by atomic mass is 32.1. The van der Waals surface area contributed by atoms with E-state index in [0.29, 0.717) is 24.2 Å². The minimum absolute atomic E-state index is 0.0191. The highest BCUT2D eigenvalue weighted by molar-refractivity contribution is 7.80. The Bertz CT molecular complexity index is 1110. The third kappa shape index (κ3) is 10.1. The van der Waals surface area contributed by atoms with Crippen LogP contribution in [0.25, 0.3) is 0 Å². The Balaban J connectivity index is 2.49. The molecule has 0 fully saturated rings. The van der Waals surface area contributed by atoms with Gasteiger partial charge in [-0.15, -0.1) is 0 Å². The lowest BCUT2D eigenvalue weighted by atomic mass is 10.0. The number of alkyl carbamates (subject to hydrolysis) is 1. The first-order valence-corrected chi connectivity index (χ1v) is 14.6. The molecule has 0 saturated heterocycles. The molecule has 3 amide bonds. The molecule has 0 aliphatic rings. The van der Waals surface area contributed by atoms with Gasteiger partial charge >= 0.3 is 6.09 Å². The molecule has 0 saturated carbocycles. The molecule has 2 unspecified atom stereocenters. The number of hydrogen-bond acceptors (Lipinski definition) is 6. The molecule has 2 atom stereocenters. The van der Waals surface area contributed by atoms with Crippen LogP contribution in [0.1, 0.15) is 82.5 Å². The van der Waals surface area contributed by atoms with Crippen LogP contribution in [0.15, 0.2) is 42.5 Å². The third-order valence-corrected chi connectivity index (χ3v) is 6.82. The van der Waals surface area contributed by atoms with Crippen molar-refractivity contribution in [1.82, 2.24) is 10.2 Å². The summed E-state index contributed by atoms with van der Waals surface area (Å²) < 4.78 is 5.37. The van der Waals surface area contributed by atoms with Crippen molar-refractivity contribution in [2.75, 3.05) is 17.6 Å². The molecule has 0 aromatic heterocycles. The molecule has 3 N–H and O–H groups in total. The van der Waals surface area contributed by atoms with Crippen LogP contribution in [0.3, 0.4) is 0 Å². The molecule has 2 rings (SSSR count). The number of amides is 3. The first-order valence-electron chi connectivity index (χ1n) is 13.9. The summed E-state index contributed by atoms with van der Waals surface area (Å²) in [5.74, 6) is -0.758. The summed E-state index contributed by atoms with van der Waals surface area (Å²) in [7, 11) is 0. The van der Waals surface area contributed by atoms with Crippen LogP contribution >= 0.6 is 12.6 Å². The van der Waals surface area contributed by atoms with E-state index in [0.717, 1.165) is 36.8 Å². The number of nitrogens with zero attached hydrogens (tertiary/aromatic N) is 1. The van der Waals surface area contributed by atoms with E-state index in [-0.39, 0.29) is 17.4 Å². The monoisotopic (exact) mass is 571 g/mol. The van der Waals surface area contributed by atoms with Gasteiger partial charge in [0.15, 0.2) is 0 Å². The Morgan fingerprint density at radius 1 is 0.975 bits per heavy atom. The van der Waals surface area contributed by atoms with Crippen molar-refractivity contribution < 1.29 is 24.2 Å². The zero-order valence-electron chi connectivity index (χ0n) is 24.6. The molecule has 9 heteroatoms. The number of unbranched alkanes of at least 4 members (excludes halogenated alkanes) is 4. The lowest BCUT2D eigenvalue weighted by Crippen LogP contribution is -2.53. The topological polar surface area (TPSA) is 108 Å². The van der Waals surface area contributed by atoms with Crippen LogP contribution in [0.4, 0.5) is 10.5 Å². The predicted octanol–water partition coefficient (Wildman–Crippen LogP) is 6.31. The number of hydrogen-bond donors (Lipinski definition) is 4. The minimum atomic E-state index is -1.01. The van der Waals surface area contributed by atoms with Crippen LogP contribution in [0, 0.1) is 13.8 Å². The third-order valence-electron chi connectivity index (χ3n) is 6.46. The molecule has 0 aliphatic heterocycles. The summed E-state index contributed by atoms with van der Waals surface area (Å²) in [5.41, 5.74) is 2.28. The van der Waals surface area contributed by atoms with Crippen molar-refractivity contribution in [1.29, 1.82) is 0 Å². The predicted molar refractivity (Wildman–Crippen MR) is 163 cm³/mol. The largest absolute Gasteiger partial charge is 0.508 e. The number of rotatable bonds is 13. The van der Waals surface area contributed by atoms with Crippen LogP contribution in [0.2, 0.25) is 0 Å². The number of phenolic OH excluding ortho intramolecular Hbond substituents is 1. The minimum Gasteiger partial charge on any atom is -0.508 e. The van der Waals surface area contributed by atoms with E-state index in [1.807, 2.05) is 32.0 Å². The number of thiol groups is 1. The maximum Gasteiger partial charge on any atom is 0.408 e. The fraction of sp³-hybridized carbons (Fsp3) is 0.516. The van der Waals surface area contributed by atoms with E-state index in [1.54, 1.807) is 32.9 Å². The zero-order chi connectivity index (χ0) is 29.9. The molecule has 2 aromatic carbocycles. The first kappa shape index (κ1) is 33.0. The quantitative estimate of drug-likeness (QED) is 0.166. The second-order valence-electron chi connectivity index (χ2n) is 11.1. The molecular formula is C31H45N3O5S. The summed E-state index contributed by atoms with van der Waals surface area (Å²) in [4.78, 5) is 42.1. The van der Waals surface area contributed by atoms with Crippen LogP contribution in [0.5, 0.6) is 5.75 Å². The summed E-state index contributed by atoms with van der Waals surface area (Å²) in [5, 5.41) is 15.6. The maximum atomic E-state index is 14.0. The van der Waals surface area contributed by atoms with Gasteiger partial charge in [-0.1, -0.05) is 62.9 Å². The lowest BCUT2D eigenvalue weighted by Gasteiger charge is -2.34. The SMILES string of the molecule is CCCCCCCN(C(=O)C(CS)NC(=O)OC(C)(C)C)C(C(=O)Nc1c(C)cccc1C)c1ccc(O)cc1. The average Bonchev–Trinajstić information content (AvgIpc) is 2.88. The van der Waals surface area contributed by atoms with Gasteiger partial charge in [0.1, 0.15) is 23.4 Å². The maximum absolute atomic E-state index is 14.0. The molecular weight excluding hydrogens is 526 g/mol. The van der Waals surface area contributed by atoms with E-state index in [2.05, 4.69) is 30.2 Å². The molecule has 220 valence electrons. The number of aryl methyl sites for hydroxylation is 2. The molecule has 40 heavy (non-hydrogen) atoms. The summed E-state index contributed by atoms with van der Waals surface area (Å²) in [6.45, 7) is 11.5. The summed E-state index contributed by atoms with van der Waals surface area (Å²) in [6.07, 6.45) is 4.03. The summed E-state index contributed by atoms with van der Waals surface area (Å²) in [6, 6.07) is 9.98. The van der Waals surface area contributed by atoms with Gasteiger partial charge in [-0.3, -0.25) is 9.59 Å². The number of anilines is 1. The van der Waals surface area contributed by atoms with Crippen molar-refractivity contribution in [2.45, 2.75) is 91.3 Å². The van der Waals surface area contributed by atoms with E-state index in [9.17, 15) is 19.5 Å². The molecule has 0 radical (unpaired) electrons. The van der Waals surface area contributed by atoms with Gasteiger partial charge in [0.2, 0.25) is 5.91 Å². The van der Waals surface area contributed by atoms with Crippen LogP contribution < -0.4 is 10.6 Å². The van der Waals surface area contributed by atoms with E-state index in [4.69, 9.17) is 4.74 Å². The Morgan fingerprint density at radius 3 is 2.12 bits per heavy atom. The second-order valence-corrected chi connectivity index (χ2v) is 11.4. The number of carbonyl (C=O) groups is 3. The van der Waals surface area contributed by atoms with Crippen LogP contribution in [-0.2, 0) is 14.3 Å². The number of carbonyl (C=O) groups excluding carboxylic acids is 3. The molecule has 2 aromatic rings.